The Morgan fingerprint density at radius 3 is 2.68 bits per heavy atom. The SMILES string of the molecule is CCOC1c2c(cc(C)c(-c3cccc(COc4ccc5c(c4)OCC5CC(=O)O)c3)c2C)OC1(C)C. The molecule has 2 heterocycles. The van der Waals surface area contributed by atoms with Crippen molar-refractivity contribution in [2.75, 3.05) is 13.2 Å². The number of carboxylic acid groups (broad SMARTS) is 1. The maximum atomic E-state index is 11.1. The second kappa shape index (κ2) is 9.75. The number of ether oxygens (including phenoxy) is 4. The van der Waals surface area contributed by atoms with Gasteiger partial charge in [-0.1, -0.05) is 24.3 Å². The summed E-state index contributed by atoms with van der Waals surface area (Å²) in [7, 11) is 0. The molecule has 0 aromatic heterocycles. The molecule has 5 rings (SSSR count). The molecule has 6 heteroatoms. The molecule has 6 nitrogen and oxygen atoms in total. The summed E-state index contributed by atoms with van der Waals surface area (Å²) in [5, 5.41) is 9.12. The largest absolute Gasteiger partial charge is 0.492 e. The highest BCUT2D eigenvalue weighted by Crippen LogP contribution is 2.50. The Morgan fingerprint density at radius 1 is 1.11 bits per heavy atom. The van der Waals surface area contributed by atoms with Crippen molar-refractivity contribution in [3.63, 3.8) is 0 Å². The van der Waals surface area contributed by atoms with E-state index >= 15 is 0 Å². The summed E-state index contributed by atoms with van der Waals surface area (Å²) < 4.78 is 24.3. The molecule has 37 heavy (non-hydrogen) atoms. The smallest absolute Gasteiger partial charge is 0.304 e. The standard InChI is InChI=1S/C31H34O6/c1-6-34-30-29-19(3)28(18(2)12-26(29)37-31(30,4)5)21-9-7-8-20(13-21)16-35-23-10-11-24-22(14-27(32)33)17-36-25(24)15-23/h7-13,15,22,30H,6,14,16-17H2,1-5H3,(H,32,33). The van der Waals surface area contributed by atoms with Crippen LogP contribution >= 0.6 is 0 Å². The molecule has 2 atom stereocenters. The minimum Gasteiger partial charge on any atom is -0.492 e. The number of fused-ring (bicyclic) bond motifs is 2. The Hall–Kier alpha value is -3.51. The Labute approximate surface area is 218 Å². The highest BCUT2D eigenvalue weighted by atomic mass is 16.6. The van der Waals surface area contributed by atoms with E-state index in [1.54, 1.807) is 0 Å². The first-order valence-corrected chi connectivity index (χ1v) is 12.8. The van der Waals surface area contributed by atoms with Gasteiger partial charge in [-0.05, 0) is 80.6 Å². The molecule has 0 aliphatic carbocycles. The van der Waals surface area contributed by atoms with Crippen LogP contribution in [0.2, 0.25) is 0 Å². The zero-order valence-electron chi connectivity index (χ0n) is 22.1. The van der Waals surface area contributed by atoms with E-state index in [0.717, 1.165) is 33.6 Å². The van der Waals surface area contributed by atoms with Gasteiger partial charge in [0, 0.05) is 29.7 Å². The Kier molecular flexibility index (Phi) is 6.63. The second-order valence-electron chi connectivity index (χ2n) is 10.4. The van der Waals surface area contributed by atoms with Crippen LogP contribution in [0.1, 0.15) is 67.0 Å². The predicted molar refractivity (Wildman–Crippen MR) is 142 cm³/mol. The summed E-state index contributed by atoms with van der Waals surface area (Å²) in [6.45, 7) is 11.9. The highest BCUT2D eigenvalue weighted by molar-refractivity contribution is 5.75. The van der Waals surface area contributed by atoms with E-state index in [-0.39, 0.29) is 18.4 Å². The van der Waals surface area contributed by atoms with Crippen molar-refractivity contribution in [3.8, 4) is 28.4 Å². The van der Waals surface area contributed by atoms with Gasteiger partial charge >= 0.3 is 5.97 Å². The Bertz CT molecular complexity index is 1340. The zero-order valence-corrected chi connectivity index (χ0v) is 22.1. The first kappa shape index (κ1) is 25.2. The summed E-state index contributed by atoms with van der Waals surface area (Å²) >= 11 is 0. The summed E-state index contributed by atoms with van der Waals surface area (Å²) in [5.74, 6) is 1.38. The lowest BCUT2D eigenvalue weighted by Crippen LogP contribution is -2.32. The molecule has 2 unspecified atom stereocenters. The fraction of sp³-hybridized carbons (Fsp3) is 0.387. The summed E-state index contributed by atoms with van der Waals surface area (Å²) in [4.78, 5) is 11.1. The lowest BCUT2D eigenvalue weighted by molar-refractivity contribution is -0.137. The van der Waals surface area contributed by atoms with Gasteiger partial charge in [-0.25, -0.2) is 0 Å². The monoisotopic (exact) mass is 502 g/mol. The van der Waals surface area contributed by atoms with E-state index in [1.807, 2.05) is 25.1 Å². The Balaban J connectivity index is 1.37. The first-order valence-electron chi connectivity index (χ1n) is 12.8. The van der Waals surface area contributed by atoms with Crippen LogP contribution in [0.3, 0.4) is 0 Å². The van der Waals surface area contributed by atoms with Crippen molar-refractivity contribution >= 4 is 5.97 Å². The lowest BCUT2D eigenvalue weighted by Gasteiger charge is -2.26. The fourth-order valence-corrected chi connectivity index (χ4v) is 5.66. The molecule has 2 aliphatic heterocycles. The van der Waals surface area contributed by atoms with Gasteiger partial charge < -0.3 is 24.1 Å². The van der Waals surface area contributed by atoms with Crippen LogP contribution < -0.4 is 14.2 Å². The zero-order chi connectivity index (χ0) is 26.3. The minimum absolute atomic E-state index is 0.0659. The van der Waals surface area contributed by atoms with Crippen molar-refractivity contribution in [2.45, 2.75) is 65.3 Å². The van der Waals surface area contributed by atoms with Crippen LogP contribution in [-0.2, 0) is 16.1 Å². The second-order valence-corrected chi connectivity index (χ2v) is 10.4. The van der Waals surface area contributed by atoms with Crippen molar-refractivity contribution in [3.05, 3.63) is 76.3 Å². The number of rotatable bonds is 8. The first-order chi connectivity index (χ1) is 17.7. The lowest BCUT2D eigenvalue weighted by atomic mass is 9.87. The topological polar surface area (TPSA) is 74.2 Å². The van der Waals surface area contributed by atoms with Crippen LogP contribution in [-0.4, -0.2) is 29.9 Å². The molecule has 3 aromatic rings. The van der Waals surface area contributed by atoms with Crippen LogP contribution in [0, 0.1) is 13.8 Å². The minimum atomic E-state index is -0.819. The molecule has 0 radical (unpaired) electrons. The van der Waals surface area contributed by atoms with Gasteiger partial charge in [-0.3, -0.25) is 4.79 Å². The third-order valence-corrected chi connectivity index (χ3v) is 7.29. The fourth-order valence-electron chi connectivity index (χ4n) is 5.66. The number of carbonyl (C=O) groups is 1. The van der Waals surface area contributed by atoms with E-state index < -0.39 is 11.6 Å². The highest BCUT2D eigenvalue weighted by Gasteiger charge is 2.43. The number of hydrogen-bond acceptors (Lipinski definition) is 5. The summed E-state index contributed by atoms with van der Waals surface area (Å²) in [6, 6.07) is 16.2. The molecule has 194 valence electrons. The van der Waals surface area contributed by atoms with Gasteiger partial charge in [-0.15, -0.1) is 0 Å². The molecule has 0 fully saturated rings. The van der Waals surface area contributed by atoms with Gasteiger partial charge in [0.05, 0.1) is 13.0 Å². The van der Waals surface area contributed by atoms with Gasteiger partial charge in [0.25, 0.3) is 0 Å². The molecule has 0 saturated heterocycles. The summed E-state index contributed by atoms with van der Waals surface area (Å²) in [5.41, 5.74) is 7.37. The summed E-state index contributed by atoms with van der Waals surface area (Å²) in [6.07, 6.45) is -0.0494. The van der Waals surface area contributed by atoms with Crippen LogP contribution in [0.5, 0.6) is 17.2 Å². The quantitative estimate of drug-likeness (QED) is 0.367. The van der Waals surface area contributed by atoms with Gasteiger partial charge in [0.2, 0.25) is 0 Å². The molecule has 0 bridgehead atoms. The number of carboxylic acids is 1. The van der Waals surface area contributed by atoms with Gasteiger partial charge in [0.1, 0.15) is 35.6 Å². The molecular weight excluding hydrogens is 468 g/mol. The average molecular weight is 503 g/mol. The van der Waals surface area contributed by atoms with Gasteiger partial charge in [0.15, 0.2) is 0 Å². The number of aryl methyl sites for hydroxylation is 1. The van der Waals surface area contributed by atoms with Crippen molar-refractivity contribution in [1.29, 1.82) is 0 Å². The van der Waals surface area contributed by atoms with Crippen molar-refractivity contribution < 1.29 is 28.8 Å². The molecule has 0 spiro atoms. The maximum Gasteiger partial charge on any atom is 0.304 e. The van der Waals surface area contributed by atoms with Crippen LogP contribution in [0.15, 0.2) is 48.5 Å². The van der Waals surface area contributed by atoms with E-state index in [4.69, 9.17) is 24.1 Å². The van der Waals surface area contributed by atoms with E-state index in [0.29, 0.717) is 31.3 Å². The predicted octanol–water partition coefficient (Wildman–Crippen LogP) is 6.75. The van der Waals surface area contributed by atoms with Gasteiger partial charge in [-0.2, -0.15) is 0 Å². The molecule has 0 amide bonds. The van der Waals surface area contributed by atoms with Crippen LogP contribution in [0.4, 0.5) is 0 Å². The molecular formula is C31H34O6. The maximum absolute atomic E-state index is 11.1. The van der Waals surface area contributed by atoms with E-state index in [1.165, 1.54) is 11.1 Å². The molecule has 2 aliphatic rings. The van der Waals surface area contributed by atoms with E-state index in [9.17, 15) is 4.79 Å². The van der Waals surface area contributed by atoms with Crippen molar-refractivity contribution in [2.24, 2.45) is 0 Å². The average Bonchev–Trinajstić information content (AvgIpc) is 3.34. The van der Waals surface area contributed by atoms with Crippen LogP contribution in [0.25, 0.3) is 11.1 Å². The normalized spacial score (nSPS) is 19.1. The Morgan fingerprint density at radius 2 is 1.92 bits per heavy atom. The molecule has 1 N–H and O–H groups in total. The van der Waals surface area contributed by atoms with Crippen molar-refractivity contribution in [1.82, 2.24) is 0 Å². The number of hydrogen-bond donors (Lipinski definition) is 1. The third-order valence-electron chi connectivity index (χ3n) is 7.29. The number of benzene rings is 3. The van der Waals surface area contributed by atoms with E-state index in [2.05, 4.69) is 58.0 Å². The molecule has 3 aromatic carbocycles. The number of aliphatic carboxylic acids is 1. The molecule has 0 saturated carbocycles. The third kappa shape index (κ3) is 4.78.